The summed E-state index contributed by atoms with van der Waals surface area (Å²) in [7, 11) is 1.57. The molecule has 9 heteroatoms. The molecule has 4 unspecified atom stereocenters. The van der Waals surface area contributed by atoms with Crippen molar-refractivity contribution in [2.24, 2.45) is 11.8 Å². The fourth-order valence-electron chi connectivity index (χ4n) is 6.31. The molecule has 1 saturated carbocycles. The van der Waals surface area contributed by atoms with E-state index in [1.54, 1.807) is 30.6 Å². The molecule has 1 amide bonds. The lowest BCUT2D eigenvalue weighted by molar-refractivity contribution is -0.127. The van der Waals surface area contributed by atoms with E-state index >= 15 is 0 Å². The Hall–Kier alpha value is -2.59. The molecule has 1 aromatic heterocycles. The molecular formula is C28H34FN5O2S. The largest absolute Gasteiger partial charge is 0.496 e. The number of likely N-dealkylation sites (tertiary alicyclic amines) is 1. The van der Waals surface area contributed by atoms with Crippen molar-refractivity contribution in [2.75, 3.05) is 20.2 Å². The summed E-state index contributed by atoms with van der Waals surface area (Å²) in [5.74, 6) is 0.820. The summed E-state index contributed by atoms with van der Waals surface area (Å²) in [6, 6.07) is 13.8. The van der Waals surface area contributed by atoms with Crippen LogP contribution in [0.3, 0.4) is 0 Å². The van der Waals surface area contributed by atoms with Crippen molar-refractivity contribution in [3.63, 3.8) is 0 Å². The number of fused-ring (bicyclic) bond motifs is 2. The number of halogens is 1. The summed E-state index contributed by atoms with van der Waals surface area (Å²) in [4.78, 5) is 20.5. The van der Waals surface area contributed by atoms with Gasteiger partial charge in [-0.3, -0.25) is 15.1 Å². The number of nitrogens with zero attached hydrogens (tertiary/aromatic N) is 2. The molecular weight excluding hydrogens is 489 g/mol. The van der Waals surface area contributed by atoms with Crippen LogP contribution >= 0.6 is 11.3 Å². The monoisotopic (exact) mass is 523 g/mol. The molecule has 2 aromatic carbocycles. The fourth-order valence-corrected chi connectivity index (χ4v) is 7.40. The van der Waals surface area contributed by atoms with Crippen molar-refractivity contribution in [3.05, 3.63) is 58.9 Å². The number of ether oxygens (including phenoxy) is 1. The van der Waals surface area contributed by atoms with Gasteiger partial charge in [0.1, 0.15) is 16.6 Å². The number of hydrogen-bond acceptors (Lipinski definition) is 7. The number of piperidine rings is 1. The molecule has 1 aliphatic carbocycles. The summed E-state index contributed by atoms with van der Waals surface area (Å²) in [6.45, 7) is 2.09. The molecule has 3 aliphatic rings. The van der Waals surface area contributed by atoms with E-state index in [1.807, 2.05) is 12.1 Å². The first-order chi connectivity index (χ1) is 18.1. The van der Waals surface area contributed by atoms with Crippen LogP contribution in [0.25, 0.3) is 10.2 Å². The summed E-state index contributed by atoms with van der Waals surface area (Å²) < 4.78 is 21.1. The Morgan fingerprint density at radius 2 is 2.08 bits per heavy atom. The molecule has 2 saturated heterocycles. The summed E-state index contributed by atoms with van der Waals surface area (Å²) in [5, 5.41) is 4.44. The molecule has 0 bridgehead atoms. The van der Waals surface area contributed by atoms with E-state index in [0.29, 0.717) is 29.8 Å². The number of carbonyl (C=O) groups is 1. The van der Waals surface area contributed by atoms with Crippen molar-refractivity contribution in [1.82, 2.24) is 26.1 Å². The average molecular weight is 524 g/mol. The SMILES string of the molecule is COc1cccc(F)c1CN1CCC[C@@H](NC(=O)C2CCC3NNC(c4nc5ccccc5s4)C3C2)C1. The van der Waals surface area contributed by atoms with Gasteiger partial charge in [0.25, 0.3) is 0 Å². The predicted octanol–water partition coefficient (Wildman–Crippen LogP) is 4.16. The highest BCUT2D eigenvalue weighted by molar-refractivity contribution is 7.18. The molecule has 0 radical (unpaired) electrons. The van der Waals surface area contributed by atoms with Gasteiger partial charge in [-0.2, -0.15) is 0 Å². The smallest absolute Gasteiger partial charge is 0.223 e. The summed E-state index contributed by atoms with van der Waals surface area (Å²) in [5.41, 5.74) is 8.57. The van der Waals surface area contributed by atoms with Gasteiger partial charge in [0, 0.05) is 36.7 Å². The van der Waals surface area contributed by atoms with Crippen LogP contribution in [-0.4, -0.2) is 48.1 Å². The number of methoxy groups -OCH3 is 1. The van der Waals surface area contributed by atoms with Crippen molar-refractivity contribution in [3.8, 4) is 5.75 Å². The normalized spacial score (nSPS) is 28.2. The number of hydrogen-bond donors (Lipinski definition) is 3. The van der Waals surface area contributed by atoms with Crippen LogP contribution in [0.5, 0.6) is 5.75 Å². The van der Waals surface area contributed by atoms with E-state index in [4.69, 9.17) is 9.72 Å². The maximum Gasteiger partial charge on any atom is 0.223 e. The third-order valence-corrected chi connectivity index (χ3v) is 9.35. The number of para-hydroxylation sites is 1. The van der Waals surface area contributed by atoms with E-state index in [1.165, 1.54) is 10.8 Å². The van der Waals surface area contributed by atoms with Crippen LogP contribution in [-0.2, 0) is 11.3 Å². The average Bonchev–Trinajstić information content (AvgIpc) is 3.53. The van der Waals surface area contributed by atoms with Gasteiger partial charge in [-0.05, 0) is 68.8 Å². The van der Waals surface area contributed by atoms with Gasteiger partial charge in [0.05, 0.1) is 23.4 Å². The highest BCUT2D eigenvalue weighted by Gasteiger charge is 2.44. The van der Waals surface area contributed by atoms with Crippen LogP contribution in [0.1, 0.15) is 48.7 Å². The van der Waals surface area contributed by atoms with E-state index in [-0.39, 0.29) is 29.7 Å². The second-order valence-corrected chi connectivity index (χ2v) is 11.6. The lowest BCUT2D eigenvalue weighted by atomic mass is 9.75. The van der Waals surface area contributed by atoms with Gasteiger partial charge >= 0.3 is 0 Å². The Morgan fingerprint density at radius 1 is 1.19 bits per heavy atom. The lowest BCUT2D eigenvalue weighted by Gasteiger charge is -2.36. The summed E-state index contributed by atoms with van der Waals surface area (Å²) in [6.07, 6.45) is 4.63. The number of aromatic nitrogens is 1. The quantitative estimate of drug-likeness (QED) is 0.451. The minimum Gasteiger partial charge on any atom is -0.496 e. The van der Waals surface area contributed by atoms with E-state index < -0.39 is 0 Å². The molecule has 196 valence electrons. The summed E-state index contributed by atoms with van der Waals surface area (Å²) >= 11 is 1.74. The van der Waals surface area contributed by atoms with E-state index in [9.17, 15) is 9.18 Å². The lowest BCUT2D eigenvalue weighted by Crippen LogP contribution is -2.50. The molecule has 6 rings (SSSR count). The molecule has 0 spiro atoms. The topological polar surface area (TPSA) is 78.5 Å². The molecule has 3 aromatic rings. The van der Waals surface area contributed by atoms with Gasteiger partial charge in [-0.15, -0.1) is 11.3 Å². The fraction of sp³-hybridized carbons (Fsp3) is 0.500. The Kier molecular flexibility index (Phi) is 7.12. The van der Waals surface area contributed by atoms with Gasteiger partial charge < -0.3 is 10.1 Å². The van der Waals surface area contributed by atoms with Crippen LogP contribution in [0.4, 0.5) is 4.39 Å². The maximum atomic E-state index is 14.5. The predicted molar refractivity (Wildman–Crippen MR) is 143 cm³/mol. The number of nitrogens with one attached hydrogen (secondary N) is 3. The zero-order chi connectivity index (χ0) is 25.4. The Balaban J connectivity index is 1.08. The molecule has 3 N–H and O–H groups in total. The number of benzene rings is 2. The van der Waals surface area contributed by atoms with Crippen molar-refractivity contribution >= 4 is 27.5 Å². The maximum absolute atomic E-state index is 14.5. The molecule has 2 aliphatic heterocycles. The third kappa shape index (κ3) is 5.10. The van der Waals surface area contributed by atoms with E-state index in [0.717, 1.165) is 55.7 Å². The zero-order valence-electron chi connectivity index (χ0n) is 21.1. The third-order valence-electron chi connectivity index (χ3n) is 8.23. The van der Waals surface area contributed by atoms with Crippen molar-refractivity contribution < 1.29 is 13.9 Å². The number of rotatable bonds is 6. The number of amides is 1. The number of carbonyl (C=O) groups excluding carboxylic acids is 1. The Bertz CT molecular complexity index is 1240. The molecule has 7 nitrogen and oxygen atoms in total. The van der Waals surface area contributed by atoms with Crippen LogP contribution in [0.2, 0.25) is 0 Å². The van der Waals surface area contributed by atoms with Gasteiger partial charge in [0.2, 0.25) is 5.91 Å². The first-order valence-electron chi connectivity index (χ1n) is 13.3. The Labute approximate surface area is 220 Å². The molecule has 5 atom stereocenters. The zero-order valence-corrected chi connectivity index (χ0v) is 21.9. The molecule has 37 heavy (non-hydrogen) atoms. The van der Waals surface area contributed by atoms with Crippen LogP contribution in [0, 0.1) is 17.7 Å². The van der Waals surface area contributed by atoms with Crippen molar-refractivity contribution in [1.29, 1.82) is 0 Å². The minimum atomic E-state index is -0.247. The first-order valence-corrected chi connectivity index (χ1v) is 14.1. The van der Waals surface area contributed by atoms with Gasteiger partial charge in [0.15, 0.2) is 0 Å². The Morgan fingerprint density at radius 3 is 2.95 bits per heavy atom. The number of hydrazine groups is 1. The van der Waals surface area contributed by atoms with Crippen LogP contribution < -0.4 is 20.9 Å². The molecule has 3 heterocycles. The number of thiazole rings is 1. The molecule has 3 fully saturated rings. The second kappa shape index (κ2) is 10.6. The standard InChI is InChI=1S/C28H34FN5O2S/c1-36-24-9-4-7-21(29)20(24)16-34-13-5-6-18(15-34)30-27(35)17-11-12-22-19(14-17)26(33-32-22)28-31-23-8-2-3-10-25(23)37-28/h2-4,7-10,17-19,22,26,32-33H,5-6,11-16H2,1H3,(H,30,35)/t17?,18-,19?,22?,26?/m1/s1. The van der Waals surface area contributed by atoms with Crippen molar-refractivity contribution in [2.45, 2.75) is 56.8 Å². The van der Waals surface area contributed by atoms with Crippen LogP contribution in [0.15, 0.2) is 42.5 Å². The van der Waals surface area contributed by atoms with E-state index in [2.05, 4.69) is 33.2 Å². The first kappa shape index (κ1) is 24.7. The highest BCUT2D eigenvalue weighted by Crippen LogP contribution is 2.42. The second-order valence-electron chi connectivity index (χ2n) is 10.6. The highest BCUT2D eigenvalue weighted by atomic mass is 32.1. The van der Waals surface area contributed by atoms with Gasteiger partial charge in [-0.25, -0.2) is 14.8 Å². The minimum absolute atomic E-state index is 0.00173. The van der Waals surface area contributed by atoms with Gasteiger partial charge in [-0.1, -0.05) is 18.2 Å².